The molecule has 0 spiro atoms. The van der Waals surface area contributed by atoms with Crippen molar-refractivity contribution >= 4 is 0 Å². The Kier molecular flexibility index (Phi) is 5.52. The summed E-state index contributed by atoms with van der Waals surface area (Å²) in [7, 11) is 0. The molecule has 20 heavy (non-hydrogen) atoms. The van der Waals surface area contributed by atoms with E-state index in [1.807, 2.05) is 6.07 Å². The molecule has 1 saturated heterocycles. The van der Waals surface area contributed by atoms with Crippen LogP contribution < -0.4 is 5.73 Å². The van der Waals surface area contributed by atoms with Gasteiger partial charge in [-0.25, -0.2) is 4.39 Å². The van der Waals surface area contributed by atoms with Crippen LogP contribution in [0.15, 0.2) is 24.3 Å². The Labute approximate surface area is 120 Å². The second-order valence-electron chi connectivity index (χ2n) is 5.60. The van der Waals surface area contributed by atoms with Crippen LogP contribution in [-0.4, -0.2) is 36.7 Å². The average molecular weight is 280 g/mol. The third-order valence-corrected chi connectivity index (χ3v) is 3.94. The van der Waals surface area contributed by atoms with Crippen molar-refractivity contribution in [2.45, 2.75) is 44.9 Å². The molecule has 3 atom stereocenters. The third kappa shape index (κ3) is 3.78. The smallest absolute Gasteiger partial charge is 0.123 e. The first-order valence-corrected chi connectivity index (χ1v) is 7.48. The molecule has 0 radical (unpaired) electrons. The molecule has 0 aliphatic carbocycles. The van der Waals surface area contributed by atoms with Crippen molar-refractivity contribution in [1.29, 1.82) is 0 Å². The van der Waals surface area contributed by atoms with Crippen LogP contribution in [0.1, 0.15) is 38.3 Å². The van der Waals surface area contributed by atoms with Crippen molar-refractivity contribution in [3.63, 3.8) is 0 Å². The summed E-state index contributed by atoms with van der Waals surface area (Å²) < 4.78 is 19.2. The maximum atomic E-state index is 13.5. The molecule has 1 fully saturated rings. The van der Waals surface area contributed by atoms with Crippen LogP contribution in [0.4, 0.5) is 4.39 Å². The summed E-state index contributed by atoms with van der Waals surface area (Å²) in [5, 5.41) is 0. The van der Waals surface area contributed by atoms with E-state index in [9.17, 15) is 4.39 Å². The lowest BCUT2D eigenvalue weighted by Gasteiger charge is -2.35. The third-order valence-electron chi connectivity index (χ3n) is 3.94. The SMILES string of the molecule is CCC(N)C(c1cccc(F)c1)N1CCCOC(C)C1. The van der Waals surface area contributed by atoms with Crippen molar-refractivity contribution in [1.82, 2.24) is 4.90 Å². The Morgan fingerprint density at radius 3 is 3.00 bits per heavy atom. The van der Waals surface area contributed by atoms with E-state index in [2.05, 4.69) is 18.7 Å². The molecule has 0 saturated carbocycles. The number of nitrogens with two attached hydrogens (primary N) is 1. The second kappa shape index (κ2) is 7.16. The predicted molar refractivity (Wildman–Crippen MR) is 79.0 cm³/mol. The normalized spacial score (nSPS) is 24.1. The Bertz CT molecular complexity index is 427. The molecular formula is C16H25FN2O. The molecule has 2 N–H and O–H groups in total. The van der Waals surface area contributed by atoms with Crippen LogP contribution in [0.3, 0.4) is 0 Å². The molecule has 1 aliphatic heterocycles. The Balaban J connectivity index is 2.26. The standard InChI is InChI=1S/C16H25FN2O/c1-3-15(18)16(13-6-4-7-14(17)10-13)19-8-5-9-20-12(2)11-19/h4,6-7,10,12,15-16H,3,5,8-9,11,18H2,1-2H3. The largest absolute Gasteiger partial charge is 0.377 e. The summed E-state index contributed by atoms with van der Waals surface area (Å²) in [6.07, 6.45) is 2.05. The fraction of sp³-hybridized carbons (Fsp3) is 0.625. The molecule has 3 unspecified atom stereocenters. The summed E-state index contributed by atoms with van der Waals surface area (Å²) >= 11 is 0. The molecule has 1 aliphatic rings. The quantitative estimate of drug-likeness (QED) is 0.921. The number of rotatable bonds is 4. The number of nitrogens with zero attached hydrogens (tertiary/aromatic N) is 1. The van der Waals surface area contributed by atoms with E-state index in [1.54, 1.807) is 12.1 Å². The van der Waals surface area contributed by atoms with E-state index in [-0.39, 0.29) is 24.0 Å². The fourth-order valence-electron chi connectivity index (χ4n) is 2.92. The van der Waals surface area contributed by atoms with Gasteiger partial charge in [0.1, 0.15) is 5.82 Å². The van der Waals surface area contributed by atoms with Gasteiger partial charge in [-0.05, 0) is 37.5 Å². The molecule has 4 heteroatoms. The van der Waals surface area contributed by atoms with Crippen molar-refractivity contribution < 1.29 is 9.13 Å². The number of hydrogen-bond acceptors (Lipinski definition) is 3. The van der Waals surface area contributed by atoms with E-state index in [0.717, 1.165) is 38.1 Å². The highest BCUT2D eigenvalue weighted by Crippen LogP contribution is 2.27. The lowest BCUT2D eigenvalue weighted by molar-refractivity contribution is 0.0574. The first kappa shape index (κ1) is 15.4. The van der Waals surface area contributed by atoms with Crippen LogP contribution in [0.2, 0.25) is 0 Å². The summed E-state index contributed by atoms with van der Waals surface area (Å²) in [4.78, 5) is 2.35. The predicted octanol–water partition coefficient (Wildman–Crippen LogP) is 2.71. The lowest BCUT2D eigenvalue weighted by atomic mass is 9.95. The van der Waals surface area contributed by atoms with Gasteiger partial charge in [0.05, 0.1) is 12.1 Å². The Hall–Kier alpha value is -0.970. The number of hydrogen-bond donors (Lipinski definition) is 1. The van der Waals surface area contributed by atoms with Gasteiger partial charge >= 0.3 is 0 Å². The highest BCUT2D eigenvalue weighted by atomic mass is 19.1. The summed E-state index contributed by atoms with van der Waals surface area (Å²) in [6, 6.07) is 6.88. The van der Waals surface area contributed by atoms with Gasteiger partial charge in [-0.3, -0.25) is 4.90 Å². The van der Waals surface area contributed by atoms with E-state index >= 15 is 0 Å². The highest BCUT2D eigenvalue weighted by molar-refractivity contribution is 5.22. The molecule has 1 aromatic rings. The minimum Gasteiger partial charge on any atom is -0.377 e. The zero-order chi connectivity index (χ0) is 14.5. The molecule has 112 valence electrons. The van der Waals surface area contributed by atoms with Gasteiger partial charge in [0.2, 0.25) is 0 Å². The molecule has 1 heterocycles. The van der Waals surface area contributed by atoms with Crippen LogP contribution in [0.25, 0.3) is 0 Å². The van der Waals surface area contributed by atoms with E-state index in [0.29, 0.717) is 0 Å². The monoisotopic (exact) mass is 280 g/mol. The maximum Gasteiger partial charge on any atom is 0.123 e. The zero-order valence-electron chi connectivity index (χ0n) is 12.4. The van der Waals surface area contributed by atoms with Crippen molar-refractivity contribution in [2.75, 3.05) is 19.7 Å². The van der Waals surface area contributed by atoms with Gasteiger partial charge in [-0.15, -0.1) is 0 Å². The van der Waals surface area contributed by atoms with Crippen LogP contribution in [0, 0.1) is 5.82 Å². The fourth-order valence-corrected chi connectivity index (χ4v) is 2.92. The van der Waals surface area contributed by atoms with E-state index in [4.69, 9.17) is 10.5 Å². The second-order valence-corrected chi connectivity index (χ2v) is 5.60. The van der Waals surface area contributed by atoms with Crippen molar-refractivity contribution in [2.24, 2.45) is 5.73 Å². The molecule has 1 aromatic carbocycles. The topological polar surface area (TPSA) is 38.5 Å². The number of halogens is 1. The van der Waals surface area contributed by atoms with Gasteiger partial charge in [0.25, 0.3) is 0 Å². The average Bonchev–Trinajstić information content (AvgIpc) is 2.63. The molecule has 2 rings (SSSR count). The Morgan fingerprint density at radius 1 is 1.50 bits per heavy atom. The van der Waals surface area contributed by atoms with Gasteiger partial charge in [-0.1, -0.05) is 19.1 Å². The van der Waals surface area contributed by atoms with E-state index in [1.165, 1.54) is 6.07 Å². The van der Waals surface area contributed by atoms with Gasteiger partial charge in [0, 0.05) is 25.7 Å². The molecule has 0 aromatic heterocycles. The number of ether oxygens (including phenoxy) is 1. The zero-order valence-corrected chi connectivity index (χ0v) is 12.4. The highest BCUT2D eigenvalue weighted by Gasteiger charge is 2.28. The van der Waals surface area contributed by atoms with Crippen LogP contribution in [-0.2, 0) is 4.74 Å². The summed E-state index contributed by atoms with van der Waals surface area (Å²) in [5.74, 6) is -0.199. The first-order chi connectivity index (χ1) is 9.61. The van der Waals surface area contributed by atoms with Crippen molar-refractivity contribution in [3.8, 4) is 0 Å². The maximum absolute atomic E-state index is 13.5. The minimum atomic E-state index is -0.199. The Morgan fingerprint density at radius 2 is 2.30 bits per heavy atom. The minimum absolute atomic E-state index is 0.00194. The van der Waals surface area contributed by atoms with Crippen LogP contribution >= 0.6 is 0 Å². The van der Waals surface area contributed by atoms with Gasteiger partial charge in [-0.2, -0.15) is 0 Å². The van der Waals surface area contributed by atoms with E-state index < -0.39 is 0 Å². The number of benzene rings is 1. The molecular weight excluding hydrogens is 255 g/mol. The summed E-state index contributed by atoms with van der Waals surface area (Å²) in [5.41, 5.74) is 7.29. The molecule has 0 amide bonds. The molecule has 0 bridgehead atoms. The first-order valence-electron chi connectivity index (χ1n) is 7.48. The van der Waals surface area contributed by atoms with Crippen LogP contribution in [0.5, 0.6) is 0 Å². The molecule has 3 nitrogen and oxygen atoms in total. The van der Waals surface area contributed by atoms with Gasteiger partial charge in [0.15, 0.2) is 0 Å². The summed E-state index contributed by atoms with van der Waals surface area (Å²) in [6.45, 7) is 6.73. The van der Waals surface area contributed by atoms with Crippen molar-refractivity contribution in [3.05, 3.63) is 35.6 Å². The van der Waals surface area contributed by atoms with Gasteiger partial charge < -0.3 is 10.5 Å². The lowest BCUT2D eigenvalue weighted by Crippen LogP contribution is -2.43.